The quantitative estimate of drug-likeness (QED) is 0.0494. The normalized spacial score (nSPS) is 13.4. The lowest BCUT2D eigenvalue weighted by atomic mass is 10.0. The first-order chi connectivity index (χ1) is 27.1. The Balaban J connectivity index is 2.24. The topological polar surface area (TPSA) is 61.9 Å². The van der Waals surface area contributed by atoms with Gasteiger partial charge in [-0.1, -0.05) is 162 Å². The summed E-state index contributed by atoms with van der Waals surface area (Å²) < 4.78 is 6.08. The molecule has 0 aromatic rings. The predicted molar refractivity (Wildman–Crippen MR) is 239 cm³/mol. The highest BCUT2D eigenvalue weighted by Crippen LogP contribution is 2.19. The predicted octanol–water partition coefficient (Wildman–Crippen LogP) is 13.7. The van der Waals surface area contributed by atoms with E-state index in [-0.39, 0.29) is 18.0 Å². The molecular formula is C49H97N3O3. The first-order valence-corrected chi connectivity index (χ1v) is 25.0. The summed E-state index contributed by atoms with van der Waals surface area (Å²) >= 11 is 0. The number of esters is 1. The largest absolute Gasteiger partial charge is 0.462 e. The molecule has 0 spiro atoms. The number of amides is 1. The van der Waals surface area contributed by atoms with Crippen molar-refractivity contribution in [3.63, 3.8) is 0 Å². The third kappa shape index (κ3) is 35.7. The molecule has 1 N–H and O–H groups in total. The number of rotatable bonds is 43. The van der Waals surface area contributed by atoms with E-state index in [4.69, 9.17) is 4.74 Å². The van der Waals surface area contributed by atoms with Crippen LogP contribution in [0.5, 0.6) is 0 Å². The van der Waals surface area contributed by atoms with Crippen molar-refractivity contribution in [1.29, 1.82) is 0 Å². The Morgan fingerprint density at radius 2 is 0.927 bits per heavy atom. The number of carbonyl (C=O) groups is 2. The minimum absolute atomic E-state index is 0.0439. The van der Waals surface area contributed by atoms with Crippen molar-refractivity contribution in [2.45, 2.75) is 258 Å². The molecule has 1 saturated heterocycles. The molecule has 1 aliphatic rings. The summed E-state index contributed by atoms with van der Waals surface area (Å²) in [7, 11) is 0. The average molecular weight is 776 g/mol. The molecule has 0 aromatic carbocycles. The number of hydrogen-bond donors (Lipinski definition) is 1. The standard InChI is InChI=1S/C49H97N3O3/c1-4-7-10-13-16-17-18-23-30-40-50-48(53)38-28-25-32-42-51(45-35-46-52-43-33-34-44-52)41-31-24-19-22-29-39-49(54)55-47(36-26-20-14-11-8-5-2)37-27-21-15-12-9-6-3/h47H,4-46H2,1-3H3,(H,50,53). The first kappa shape index (κ1) is 51.9. The molecule has 0 aromatic heterocycles. The zero-order chi connectivity index (χ0) is 39.7. The van der Waals surface area contributed by atoms with Crippen molar-refractivity contribution in [2.75, 3.05) is 45.8 Å². The lowest BCUT2D eigenvalue weighted by Crippen LogP contribution is -2.30. The number of carbonyl (C=O) groups excluding carboxylic acids is 2. The van der Waals surface area contributed by atoms with Crippen molar-refractivity contribution in [3.8, 4) is 0 Å². The Morgan fingerprint density at radius 1 is 0.509 bits per heavy atom. The van der Waals surface area contributed by atoms with Gasteiger partial charge in [-0.05, 0) is 116 Å². The molecule has 6 nitrogen and oxygen atoms in total. The van der Waals surface area contributed by atoms with E-state index in [0.29, 0.717) is 12.8 Å². The Hall–Kier alpha value is -1.14. The van der Waals surface area contributed by atoms with E-state index in [2.05, 4.69) is 35.9 Å². The number of likely N-dealkylation sites (tertiary alicyclic amines) is 1. The van der Waals surface area contributed by atoms with E-state index in [9.17, 15) is 9.59 Å². The molecule has 0 atom stereocenters. The summed E-state index contributed by atoms with van der Waals surface area (Å²) in [5.74, 6) is 0.291. The van der Waals surface area contributed by atoms with Crippen LogP contribution >= 0.6 is 0 Å². The van der Waals surface area contributed by atoms with Crippen LogP contribution in [0.1, 0.15) is 252 Å². The van der Waals surface area contributed by atoms with Crippen LogP contribution in [-0.4, -0.2) is 73.6 Å². The molecule has 0 unspecified atom stereocenters. The lowest BCUT2D eigenvalue weighted by Gasteiger charge is -2.24. The fourth-order valence-corrected chi connectivity index (χ4v) is 8.36. The SMILES string of the molecule is CCCCCCCCCCCNC(=O)CCCCCN(CCCCCCCC(=O)OC(CCCCCCCC)CCCCCCCC)CCCN1CCCC1. The van der Waals surface area contributed by atoms with Gasteiger partial charge in [0.1, 0.15) is 6.10 Å². The Morgan fingerprint density at radius 3 is 1.47 bits per heavy atom. The molecule has 55 heavy (non-hydrogen) atoms. The molecule has 326 valence electrons. The van der Waals surface area contributed by atoms with Gasteiger partial charge in [0.15, 0.2) is 0 Å². The van der Waals surface area contributed by atoms with Gasteiger partial charge in [-0.15, -0.1) is 0 Å². The minimum atomic E-state index is 0.0439. The number of hydrogen-bond acceptors (Lipinski definition) is 5. The van der Waals surface area contributed by atoms with Crippen LogP contribution in [0.3, 0.4) is 0 Å². The fraction of sp³-hybridized carbons (Fsp3) is 0.959. The highest BCUT2D eigenvalue weighted by atomic mass is 16.5. The molecule has 1 rings (SSSR count). The van der Waals surface area contributed by atoms with Crippen molar-refractivity contribution in [2.24, 2.45) is 0 Å². The van der Waals surface area contributed by atoms with Gasteiger partial charge < -0.3 is 19.9 Å². The molecule has 0 aliphatic carbocycles. The summed E-state index contributed by atoms with van der Waals surface area (Å²) in [4.78, 5) is 30.5. The molecule has 1 heterocycles. The number of unbranched alkanes of at least 4 members (excludes halogenated alkanes) is 24. The van der Waals surface area contributed by atoms with E-state index >= 15 is 0 Å². The van der Waals surface area contributed by atoms with Crippen LogP contribution in [0.15, 0.2) is 0 Å². The third-order valence-corrected chi connectivity index (χ3v) is 12.0. The van der Waals surface area contributed by atoms with Gasteiger partial charge in [-0.3, -0.25) is 9.59 Å². The van der Waals surface area contributed by atoms with Crippen LogP contribution in [0.25, 0.3) is 0 Å². The molecule has 1 fully saturated rings. The number of ether oxygens (including phenoxy) is 1. The van der Waals surface area contributed by atoms with E-state index in [1.165, 1.54) is 206 Å². The van der Waals surface area contributed by atoms with Crippen LogP contribution in [-0.2, 0) is 14.3 Å². The van der Waals surface area contributed by atoms with E-state index in [0.717, 1.165) is 58.0 Å². The smallest absolute Gasteiger partial charge is 0.306 e. The molecule has 1 aliphatic heterocycles. The highest BCUT2D eigenvalue weighted by Gasteiger charge is 2.15. The molecule has 0 bridgehead atoms. The number of nitrogens with zero attached hydrogens (tertiary/aromatic N) is 2. The van der Waals surface area contributed by atoms with E-state index in [1.54, 1.807) is 0 Å². The third-order valence-electron chi connectivity index (χ3n) is 12.0. The molecule has 1 amide bonds. The summed E-state index contributed by atoms with van der Waals surface area (Å²) in [6.07, 6.45) is 44.1. The highest BCUT2D eigenvalue weighted by molar-refractivity contribution is 5.75. The monoisotopic (exact) mass is 776 g/mol. The maximum absolute atomic E-state index is 12.8. The average Bonchev–Trinajstić information content (AvgIpc) is 3.71. The molecule has 0 saturated carbocycles. The van der Waals surface area contributed by atoms with E-state index in [1.807, 2.05) is 0 Å². The first-order valence-electron chi connectivity index (χ1n) is 25.0. The Labute approximate surface area is 344 Å². The second kappa shape index (κ2) is 41.0. The zero-order valence-corrected chi connectivity index (χ0v) is 37.6. The van der Waals surface area contributed by atoms with Crippen LogP contribution < -0.4 is 5.32 Å². The maximum Gasteiger partial charge on any atom is 0.306 e. The Kier molecular flexibility index (Phi) is 38.7. The van der Waals surface area contributed by atoms with Gasteiger partial charge in [0, 0.05) is 19.4 Å². The summed E-state index contributed by atoms with van der Waals surface area (Å²) in [6, 6.07) is 0. The van der Waals surface area contributed by atoms with Gasteiger partial charge in [-0.25, -0.2) is 0 Å². The molecule has 6 heteroatoms. The Bertz CT molecular complexity index is 801. The van der Waals surface area contributed by atoms with Crippen LogP contribution in [0, 0.1) is 0 Å². The van der Waals surface area contributed by atoms with Crippen molar-refractivity contribution in [1.82, 2.24) is 15.1 Å². The van der Waals surface area contributed by atoms with Crippen molar-refractivity contribution >= 4 is 11.9 Å². The van der Waals surface area contributed by atoms with Crippen LogP contribution in [0.4, 0.5) is 0 Å². The molecule has 0 radical (unpaired) electrons. The van der Waals surface area contributed by atoms with E-state index < -0.39 is 0 Å². The summed E-state index contributed by atoms with van der Waals surface area (Å²) in [6.45, 7) is 15.0. The maximum atomic E-state index is 12.8. The molecular weight excluding hydrogens is 679 g/mol. The fourth-order valence-electron chi connectivity index (χ4n) is 8.36. The lowest BCUT2D eigenvalue weighted by molar-refractivity contribution is -0.150. The zero-order valence-electron chi connectivity index (χ0n) is 37.6. The van der Waals surface area contributed by atoms with Gasteiger partial charge >= 0.3 is 5.97 Å². The van der Waals surface area contributed by atoms with Gasteiger partial charge in [0.25, 0.3) is 0 Å². The second-order valence-electron chi connectivity index (χ2n) is 17.5. The van der Waals surface area contributed by atoms with Gasteiger partial charge in [-0.2, -0.15) is 0 Å². The van der Waals surface area contributed by atoms with Gasteiger partial charge in [0.2, 0.25) is 5.91 Å². The van der Waals surface area contributed by atoms with Crippen LogP contribution in [0.2, 0.25) is 0 Å². The van der Waals surface area contributed by atoms with Crippen molar-refractivity contribution in [3.05, 3.63) is 0 Å². The number of nitrogens with one attached hydrogen (secondary N) is 1. The summed E-state index contributed by atoms with van der Waals surface area (Å²) in [5, 5.41) is 3.17. The van der Waals surface area contributed by atoms with Gasteiger partial charge in [0.05, 0.1) is 0 Å². The minimum Gasteiger partial charge on any atom is -0.462 e. The second-order valence-corrected chi connectivity index (χ2v) is 17.5. The summed E-state index contributed by atoms with van der Waals surface area (Å²) in [5.41, 5.74) is 0. The van der Waals surface area contributed by atoms with Crippen molar-refractivity contribution < 1.29 is 14.3 Å².